The number of halogens is 2. The summed E-state index contributed by atoms with van der Waals surface area (Å²) in [6, 6.07) is -0.348. The Hall–Kier alpha value is -1.99. The highest BCUT2D eigenvalue weighted by atomic mass is 19.3. The molecule has 3 heterocycles. The highest BCUT2D eigenvalue weighted by Crippen LogP contribution is 2.35. The Kier molecular flexibility index (Phi) is 4.31. The van der Waals surface area contributed by atoms with E-state index in [0.29, 0.717) is 5.82 Å². The van der Waals surface area contributed by atoms with E-state index in [-0.39, 0.29) is 38.0 Å². The average Bonchev–Trinajstić information content (AvgIpc) is 3.11. The van der Waals surface area contributed by atoms with Gasteiger partial charge < -0.3 is 14.8 Å². The zero-order valence-corrected chi connectivity index (χ0v) is 13.9. The van der Waals surface area contributed by atoms with E-state index in [1.54, 1.807) is 11.1 Å². The molecule has 3 rings (SSSR count). The molecule has 0 aliphatic carbocycles. The first-order valence-electron chi connectivity index (χ1n) is 8.29. The van der Waals surface area contributed by atoms with Crippen LogP contribution < -0.4 is 0 Å². The number of aryl methyl sites for hydroxylation is 1. The number of hydrogen-bond acceptors (Lipinski definition) is 3. The number of aromatic nitrogens is 2. The number of rotatable bonds is 1. The van der Waals surface area contributed by atoms with E-state index in [4.69, 9.17) is 0 Å². The molecule has 1 aromatic heterocycles. The summed E-state index contributed by atoms with van der Waals surface area (Å²) in [6.07, 6.45) is 2.42. The smallest absolute Gasteiger partial charge is 0.312 e. The fraction of sp³-hybridized carbons (Fsp3) is 0.688. The van der Waals surface area contributed by atoms with Gasteiger partial charge in [0.05, 0.1) is 6.04 Å². The van der Waals surface area contributed by atoms with Crippen LogP contribution in [0.3, 0.4) is 0 Å². The molecular weight excluding hydrogens is 318 g/mol. The predicted octanol–water partition coefficient (Wildman–Crippen LogP) is 2.03. The van der Waals surface area contributed by atoms with Gasteiger partial charge in [-0.25, -0.2) is 13.8 Å². The molecule has 8 heteroatoms. The zero-order chi connectivity index (χ0) is 17.5. The number of hydrogen-bond donors (Lipinski definition) is 1. The van der Waals surface area contributed by atoms with E-state index >= 15 is 0 Å². The van der Waals surface area contributed by atoms with Crippen LogP contribution in [0.2, 0.25) is 0 Å². The lowest BCUT2D eigenvalue weighted by Crippen LogP contribution is -2.51. The summed E-state index contributed by atoms with van der Waals surface area (Å²) in [7, 11) is 0. The number of aromatic amines is 1. The highest BCUT2D eigenvalue weighted by Gasteiger charge is 2.43. The second-order valence-electron chi connectivity index (χ2n) is 6.75. The Morgan fingerprint density at radius 2 is 1.92 bits per heavy atom. The second kappa shape index (κ2) is 6.14. The van der Waals surface area contributed by atoms with Crippen LogP contribution in [-0.4, -0.2) is 56.6 Å². The molecule has 2 aliphatic rings. The van der Waals surface area contributed by atoms with E-state index in [1.165, 1.54) is 4.90 Å². The van der Waals surface area contributed by atoms with Crippen molar-refractivity contribution in [2.24, 2.45) is 0 Å². The van der Waals surface area contributed by atoms with Crippen LogP contribution in [0.25, 0.3) is 0 Å². The largest absolute Gasteiger partial charge is 0.344 e. The molecule has 24 heavy (non-hydrogen) atoms. The van der Waals surface area contributed by atoms with E-state index in [2.05, 4.69) is 9.97 Å². The number of nitrogens with one attached hydrogen (secondary N) is 1. The lowest BCUT2D eigenvalue weighted by atomic mass is 10.1. The summed E-state index contributed by atoms with van der Waals surface area (Å²) >= 11 is 0. The van der Waals surface area contributed by atoms with Crippen LogP contribution >= 0.6 is 0 Å². The Morgan fingerprint density at radius 3 is 2.50 bits per heavy atom. The maximum Gasteiger partial charge on any atom is 0.312 e. The third-order valence-electron chi connectivity index (χ3n) is 4.91. The van der Waals surface area contributed by atoms with Crippen molar-refractivity contribution in [1.82, 2.24) is 19.8 Å². The zero-order valence-electron chi connectivity index (χ0n) is 13.9. The molecule has 6 nitrogen and oxygen atoms in total. The number of alkyl halides is 2. The number of carbonyl (C=O) groups is 2. The minimum atomic E-state index is -2.74. The first-order valence-corrected chi connectivity index (χ1v) is 8.29. The first-order chi connectivity index (χ1) is 11.3. The number of nitrogens with zero attached hydrogens (tertiary/aromatic N) is 3. The van der Waals surface area contributed by atoms with Crippen molar-refractivity contribution in [3.05, 3.63) is 17.7 Å². The molecule has 0 aromatic carbocycles. The quantitative estimate of drug-likeness (QED) is 0.795. The summed E-state index contributed by atoms with van der Waals surface area (Å²) < 4.78 is 26.5. The van der Waals surface area contributed by atoms with Gasteiger partial charge in [0.1, 0.15) is 5.82 Å². The van der Waals surface area contributed by atoms with Crippen LogP contribution in [-0.2, 0) is 9.59 Å². The van der Waals surface area contributed by atoms with Crippen molar-refractivity contribution in [3.63, 3.8) is 0 Å². The molecule has 2 fully saturated rings. The minimum absolute atomic E-state index is 0.0790. The molecule has 2 saturated heterocycles. The van der Waals surface area contributed by atoms with E-state index in [9.17, 15) is 18.4 Å². The van der Waals surface area contributed by atoms with Crippen LogP contribution in [0.15, 0.2) is 6.20 Å². The van der Waals surface area contributed by atoms with Crippen molar-refractivity contribution in [1.29, 1.82) is 0 Å². The Balaban J connectivity index is 1.73. The lowest BCUT2D eigenvalue weighted by molar-refractivity contribution is -0.156. The maximum atomic E-state index is 13.2. The molecule has 2 amide bonds. The van der Waals surface area contributed by atoms with Crippen molar-refractivity contribution >= 4 is 11.8 Å². The van der Waals surface area contributed by atoms with Gasteiger partial charge in [-0.1, -0.05) is 0 Å². The summed E-state index contributed by atoms with van der Waals surface area (Å²) in [5, 5.41) is 0. The van der Waals surface area contributed by atoms with Crippen molar-refractivity contribution in [3.8, 4) is 0 Å². The topological polar surface area (TPSA) is 69.3 Å². The van der Waals surface area contributed by atoms with Gasteiger partial charge in [0.25, 0.3) is 5.92 Å². The van der Waals surface area contributed by atoms with Gasteiger partial charge in [-0.3, -0.25) is 9.59 Å². The SMILES string of the molecule is Cc1cnc([C@@H]2CC[C@H](C)N2C(=O)C(=O)N2CCC(F)(F)CC2)[nH]1. The van der Waals surface area contributed by atoms with Gasteiger partial charge in [-0.05, 0) is 26.7 Å². The molecule has 1 N–H and O–H groups in total. The number of carbonyl (C=O) groups excluding carboxylic acids is 2. The summed E-state index contributed by atoms with van der Waals surface area (Å²) in [5.74, 6) is -3.38. The van der Waals surface area contributed by atoms with Gasteiger partial charge in [0.2, 0.25) is 0 Å². The van der Waals surface area contributed by atoms with Gasteiger partial charge in [-0.2, -0.15) is 0 Å². The Bertz CT molecular complexity index is 636. The molecule has 1 aromatic rings. The number of likely N-dealkylation sites (tertiary alicyclic amines) is 2. The van der Waals surface area contributed by atoms with Crippen molar-refractivity contribution in [2.45, 2.75) is 57.5 Å². The number of H-pyrrole nitrogens is 1. The van der Waals surface area contributed by atoms with Gasteiger partial charge >= 0.3 is 11.8 Å². The summed E-state index contributed by atoms with van der Waals surface area (Å²) in [4.78, 5) is 35.4. The van der Waals surface area contributed by atoms with Crippen LogP contribution in [0, 0.1) is 6.92 Å². The maximum absolute atomic E-state index is 13.2. The second-order valence-corrected chi connectivity index (χ2v) is 6.75. The number of piperidine rings is 1. The molecule has 0 spiro atoms. The van der Waals surface area contributed by atoms with Gasteiger partial charge in [0, 0.05) is 43.9 Å². The average molecular weight is 340 g/mol. The lowest BCUT2D eigenvalue weighted by Gasteiger charge is -2.34. The van der Waals surface area contributed by atoms with Crippen molar-refractivity contribution < 1.29 is 18.4 Å². The van der Waals surface area contributed by atoms with Crippen LogP contribution in [0.4, 0.5) is 8.78 Å². The predicted molar refractivity (Wildman–Crippen MR) is 82.4 cm³/mol. The molecular formula is C16H22F2N4O2. The minimum Gasteiger partial charge on any atom is -0.344 e. The summed E-state index contributed by atoms with van der Waals surface area (Å²) in [5.41, 5.74) is 0.890. The normalized spacial score (nSPS) is 26.7. The monoisotopic (exact) mass is 340 g/mol. The molecule has 2 aliphatic heterocycles. The fourth-order valence-corrected chi connectivity index (χ4v) is 3.48. The van der Waals surface area contributed by atoms with E-state index in [1.807, 2.05) is 13.8 Å². The Labute approximate surface area is 139 Å². The first kappa shape index (κ1) is 16.9. The summed E-state index contributed by atoms with van der Waals surface area (Å²) in [6.45, 7) is 3.61. The number of imidazole rings is 1. The van der Waals surface area contributed by atoms with Crippen LogP contribution in [0.1, 0.15) is 50.2 Å². The van der Waals surface area contributed by atoms with Crippen LogP contribution in [0.5, 0.6) is 0 Å². The van der Waals surface area contributed by atoms with E-state index < -0.39 is 17.7 Å². The Morgan fingerprint density at radius 1 is 1.25 bits per heavy atom. The molecule has 0 bridgehead atoms. The fourth-order valence-electron chi connectivity index (χ4n) is 3.48. The molecule has 132 valence electrons. The molecule has 0 unspecified atom stereocenters. The van der Waals surface area contributed by atoms with E-state index in [0.717, 1.165) is 18.5 Å². The van der Waals surface area contributed by atoms with Gasteiger partial charge in [0.15, 0.2) is 0 Å². The number of amides is 2. The standard InChI is InChI=1S/C16H22F2N4O2/c1-10-9-19-13(20-10)12-4-3-11(2)22(12)15(24)14(23)21-7-5-16(17,18)6-8-21/h9,11-12H,3-8H2,1-2H3,(H,19,20)/t11-,12-/m0/s1. The molecule has 0 radical (unpaired) electrons. The highest BCUT2D eigenvalue weighted by molar-refractivity contribution is 6.35. The molecule has 2 atom stereocenters. The van der Waals surface area contributed by atoms with Gasteiger partial charge in [-0.15, -0.1) is 0 Å². The molecule has 0 saturated carbocycles. The third kappa shape index (κ3) is 3.14. The van der Waals surface area contributed by atoms with Crippen molar-refractivity contribution in [2.75, 3.05) is 13.1 Å². The third-order valence-corrected chi connectivity index (χ3v) is 4.91.